The summed E-state index contributed by atoms with van der Waals surface area (Å²) < 4.78 is 0. The lowest BCUT2D eigenvalue weighted by molar-refractivity contribution is -0.129. The number of benzene rings is 1. The van der Waals surface area contributed by atoms with Gasteiger partial charge in [0.05, 0.1) is 6.04 Å². The van der Waals surface area contributed by atoms with E-state index in [-0.39, 0.29) is 18.1 Å². The molecule has 3 nitrogen and oxygen atoms in total. The molecule has 1 N–H and O–H groups in total. The monoisotopic (exact) mass is 260 g/mol. The summed E-state index contributed by atoms with van der Waals surface area (Å²) in [6.07, 6.45) is 3.26. The smallest absolute Gasteiger partial charge is 0.241 e. The third-order valence-electron chi connectivity index (χ3n) is 3.83. The number of nitrogens with one attached hydrogen (secondary N) is 1. The first-order chi connectivity index (χ1) is 9.17. The van der Waals surface area contributed by atoms with Crippen LogP contribution in [-0.2, 0) is 11.2 Å². The van der Waals surface area contributed by atoms with Crippen LogP contribution in [0.15, 0.2) is 24.3 Å². The van der Waals surface area contributed by atoms with Crippen LogP contribution in [0.1, 0.15) is 50.9 Å². The SMILES string of the molecule is CCCCN1C(=O)C(C)NC1c1ccc(CC)cc1. The first kappa shape index (κ1) is 14.1. The Morgan fingerprint density at radius 3 is 2.47 bits per heavy atom. The second kappa shape index (κ2) is 6.20. The molecule has 1 heterocycles. The summed E-state index contributed by atoms with van der Waals surface area (Å²) in [6, 6.07) is 8.51. The van der Waals surface area contributed by atoms with E-state index in [9.17, 15) is 4.79 Å². The maximum atomic E-state index is 12.2. The van der Waals surface area contributed by atoms with Gasteiger partial charge in [0.1, 0.15) is 6.17 Å². The number of nitrogens with zero attached hydrogens (tertiary/aromatic N) is 1. The quantitative estimate of drug-likeness (QED) is 0.883. The molecule has 1 aliphatic rings. The predicted molar refractivity (Wildman–Crippen MR) is 77.8 cm³/mol. The number of carbonyl (C=O) groups is 1. The van der Waals surface area contributed by atoms with Gasteiger partial charge >= 0.3 is 0 Å². The molecular weight excluding hydrogens is 236 g/mol. The van der Waals surface area contributed by atoms with Crippen molar-refractivity contribution < 1.29 is 4.79 Å². The van der Waals surface area contributed by atoms with Crippen molar-refractivity contribution in [3.05, 3.63) is 35.4 Å². The maximum absolute atomic E-state index is 12.2. The molecule has 0 bridgehead atoms. The fraction of sp³-hybridized carbons (Fsp3) is 0.562. The van der Waals surface area contributed by atoms with Crippen molar-refractivity contribution in [1.29, 1.82) is 0 Å². The van der Waals surface area contributed by atoms with E-state index in [1.165, 1.54) is 11.1 Å². The molecule has 19 heavy (non-hydrogen) atoms. The number of unbranched alkanes of at least 4 members (excludes halogenated alkanes) is 1. The topological polar surface area (TPSA) is 32.3 Å². The molecule has 1 amide bonds. The maximum Gasteiger partial charge on any atom is 0.241 e. The van der Waals surface area contributed by atoms with Crippen molar-refractivity contribution in [1.82, 2.24) is 10.2 Å². The predicted octanol–water partition coefficient (Wildman–Crippen LogP) is 2.87. The summed E-state index contributed by atoms with van der Waals surface area (Å²) in [5.74, 6) is 0.220. The van der Waals surface area contributed by atoms with Gasteiger partial charge in [-0.25, -0.2) is 0 Å². The molecule has 1 aromatic rings. The summed E-state index contributed by atoms with van der Waals surface area (Å²) >= 11 is 0. The van der Waals surface area contributed by atoms with Crippen molar-refractivity contribution in [2.75, 3.05) is 6.54 Å². The zero-order valence-electron chi connectivity index (χ0n) is 12.1. The normalized spacial score (nSPS) is 23.1. The standard InChI is InChI=1S/C16H24N2O/c1-4-6-11-18-15(17-12(3)16(18)19)14-9-7-13(5-2)8-10-14/h7-10,12,15,17H,4-6,11H2,1-3H3. The van der Waals surface area contributed by atoms with Gasteiger partial charge in [0, 0.05) is 6.54 Å². The summed E-state index contributed by atoms with van der Waals surface area (Å²) in [5, 5.41) is 3.39. The largest absolute Gasteiger partial charge is 0.322 e. The highest BCUT2D eigenvalue weighted by atomic mass is 16.2. The number of aryl methyl sites for hydroxylation is 1. The van der Waals surface area contributed by atoms with Gasteiger partial charge in [0.15, 0.2) is 0 Å². The van der Waals surface area contributed by atoms with Crippen LogP contribution in [-0.4, -0.2) is 23.4 Å². The summed E-state index contributed by atoms with van der Waals surface area (Å²) in [4.78, 5) is 14.2. The molecule has 1 fully saturated rings. The lowest BCUT2D eigenvalue weighted by Gasteiger charge is -2.24. The van der Waals surface area contributed by atoms with Gasteiger partial charge in [0.25, 0.3) is 0 Å². The van der Waals surface area contributed by atoms with Crippen LogP contribution in [0, 0.1) is 0 Å². The molecular formula is C16H24N2O. The van der Waals surface area contributed by atoms with Gasteiger partial charge in [-0.1, -0.05) is 44.5 Å². The third kappa shape index (κ3) is 2.98. The molecule has 0 saturated carbocycles. The minimum absolute atomic E-state index is 0.0416. The lowest BCUT2D eigenvalue weighted by Crippen LogP contribution is -2.31. The molecule has 2 rings (SSSR count). The van der Waals surface area contributed by atoms with E-state index in [0.717, 1.165) is 25.8 Å². The average molecular weight is 260 g/mol. The third-order valence-corrected chi connectivity index (χ3v) is 3.83. The van der Waals surface area contributed by atoms with Crippen LogP contribution in [0.3, 0.4) is 0 Å². The molecule has 0 aromatic heterocycles. The Labute approximate surface area is 116 Å². The average Bonchev–Trinajstić information content (AvgIpc) is 2.73. The molecule has 3 heteroatoms. The van der Waals surface area contributed by atoms with Gasteiger partial charge in [0.2, 0.25) is 5.91 Å². The Hall–Kier alpha value is -1.35. The van der Waals surface area contributed by atoms with E-state index < -0.39 is 0 Å². The van der Waals surface area contributed by atoms with E-state index >= 15 is 0 Å². The Kier molecular flexibility index (Phi) is 4.59. The number of rotatable bonds is 5. The van der Waals surface area contributed by atoms with Gasteiger partial charge in [-0.2, -0.15) is 0 Å². The molecule has 0 aliphatic carbocycles. The highest BCUT2D eigenvalue weighted by Gasteiger charge is 2.36. The number of hydrogen-bond acceptors (Lipinski definition) is 2. The summed E-state index contributed by atoms with van der Waals surface area (Å²) in [5.41, 5.74) is 2.52. The van der Waals surface area contributed by atoms with Crippen LogP contribution in [0.25, 0.3) is 0 Å². The van der Waals surface area contributed by atoms with E-state index in [2.05, 4.69) is 43.4 Å². The van der Waals surface area contributed by atoms with Crippen molar-refractivity contribution in [2.45, 2.75) is 52.2 Å². The van der Waals surface area contributed by atoms with E-state index in [1.54, 1.807) is 0 Å². The molecule has 2 atom stereocenters. The van der Waals surface area contributed by atoms with Crippen LogP contribution in [0.2, 0.25) is 0 Å². The van der Waals surface area contributed by atoms with Crippen molar-refractivity contribution in [2.24, 2.45) is 0 Å². The Morgan fingerprint density at radius 2 is 1.89 bits per heavy atom. The Balaban J connectivity index is 2.17. The fourth-order valence-electron chi connectivity index (χ4n) is 2.55. The van der Waals surface area contributed by atoms with Crippen molar-refractivity contribution in [3.8, 4) is 0 Å². The van der Waals surface area contributed by atoms with Gasteiger partial charge in [-0.15, -0.1) is 0 Å². The second-order valence-corrected chi connectivity index (χ2v) is 5.27. The Morgan fingerprint density at radius 1 is 1.21 bits per heavy atom. The van der Waals surface area contributed by atoms with Crippen LogP contribution in [0.5, 0.6) is 0 Å². The molecule has 1 aromatic carbocycles. The lowest BCUT2D eigenvalue weighted by atomic mass is 10.1. The van der Waals surface area contributed by atoms with Gasteiger partial charge in [-0.05, 0) is 30.9 Å². The second-order valence-electron chi connectivity index (χ2n) is 5.27. The van der Waals surface area contributed by atoms with Crippen LogP contribution < -0.4 is 5.32 Å². The number of amides is 1. The van der Waals surface area contributed by atoms with Crippen molar-refractivity contribution >= 4 is 5.91 Å². The number of hydrogen-bond donors (Lipinski definition) is 1. The molecule has 1 aliphatic heterocycles. The van der Waals surface area contributed by atoms with Crippen LogP contribution in [0.4, 0.5) is 0 Å². The van der Waals surface area contributed by atoms with Crippen LogP contribution >= 0.6 is 0 Å². The fourth-order valence-corrected chi connectivity index (χ4v) is 2.55. The molecule has 0 spiro atoms. The highest BCUT2D eigenvalue weighted by Crippen LogP contribution is 2.26. The zero-order chi connectivity index (χ0) is 13.8. The first-order valence-corrected chi connectivity index (χ1v) is 7.32. The zero-order valence-corrected chi connectivity index (χ0v) is 12.1. The highest BCUT2D eigenvalue weighted by molar-refractivity contribution is 5.84. The van der Waals surface area contributed by atoms with Gasteiger partial charge in [-0.3, -0.25) is 10.1 Å². The van der Waals surface area contributed by atoms with E-state index in [1.807, 2.05) is 11.8 Å². The molecule has 104 valence electrons. The van der Waals surface area contributed by atoms with E-state index in [0.29, 0.717) is 0 Å². The molecule has 0 radical (unpaired) electrons. The van der Waals surface area contributed by atoms with Crippen molar-refractivity contribution in [3.63, 3.8) is 0 Å². The van der Waals surface area contributed by atoms with E-state index in [4.69, 9.17) is 0 Å². The first-order valence-electron chi connectivity index (χ1n) is 7.32. The minimum Gasteiger partial charge on any atom is -0.322 e. The molecule has 2 unspecified atom stereocenters. The summed E-state index contributed by atoms with van der Waals surface area (Å²) in [6.45, 7) is 7.10. The minimum atomic E-state index is -0.0762. The number of carbonyl (C=O) groups excluding carboxylic acids is 1. The molecule has 1 saturated heterocycles. The van der Waals surface area contributed by atoms with Gasteiger partial charge < -0.3 is 4.90 Å². The Bertz CT molecular complexity index is 427. The summed E-state index contributed by atoms with van der Waals surface area (Å²) in [7, 11) is 0.